The molecule has 0 atom stereocenters. The van der Waals surface area contributed by atoms with Crippen molar-refractivity contribution in [3.8, 4) is 0 Å². The maximum atomic E-state index is 11.9. The Kier molecular flexibility index (Phi) is 6.37. The van der Waals surface area contributed by atoms with E-state index in [-0.39, 0.29) is 18.0 Å². The minimum Gasteiger partial charge on any atom is -0.350 e. The van der Waals surface area contributed by atoms with E-state index < -0.39 is 0 Å². The lowest BCUT2D eigenvalue weighted by atomic mass is 10.1. The van der Waals surface area contributed by atoms with Crippen molar-refractivity contribution in [1.82, 2.24) is 10.6 Å². The van der Waals surface area contributed by atoms with E-state index in [1.807, 2.05) is 44.2 Å². The molecule has 0 fully saturated rings. The number of urea groups is 1. The number of hydrogen-bond acceptors (Lipinski definition) is 2. The first kappa shape index (κ1) is 17.5. The Morgan fingerprint density at radius 2 is 1.62 bits per heavy atom. The number of anilines is 1. The zero-order valence-electron chi connectivity index (χ0n) is 14.0. The molecule has 0 aromatic heterocycles. The molecule has 2 rings (SSSR count). The van der Waals surface area contributed by atoms with Crippen LogP contribution in [-0.4, -0.2) is 24.5 Å². The molecule has 126 valence electrons. The summed E-state index contributed by atoms with van der Waals surface area (Å²) in [6, 6.07) is 16.6. The summed E-state index contributed by atoms with van der Waals surface area (Å²) in [4.78, 5) is 23.7. The molecule has 0 aliphatic carbocycles. The van der Waals surface area contributed by atoms with Gasteiger partial charge in [0.25, 0.3) is 5.91 Å². The van der Waals surface area contributed by atoms with Crippen molar-refractivity contribution < 1.29 is 9.59 Å². The molecule has 3 N–H and O–H groups in total. The van der Waals surface area contributed by atoms with Crippen molar-refractivity contribution in [2.24, 2.45) is 0 Å². The normalized spacial score (nSPS) is 10.3. The predicted octanol–water partition coefficient (Wildman–Crippen LogP) is 3.19. The van der Waals surface area contributed by atoms with E-state index in [1.165, 1.54) is 5.56 Å². The first-order chi connectivity index (χ1) is 11.5. The average Bonchev–Trinajstić information content (AvgIpc) is 2.56. The lowest BCUT2D eigenvalue weighted by molar-refractivity contribution is 0.0943. The van der Waals surface area contributed by atoms with E-state index in [0.717, 1.165) is 6.42 Å². The highest BCUT2D eigenvalue weighted by atomic mass is 16.2. The molecule has 0 saturated heterocycles. The van der Waals surface area contributed by atoms with Crippen molar-refractivity contribution in [2.75, 3.05) is 11.9 Å². The van der Waals surface area contributed by atoms with Crippen LogP contribution in [0.15, 0.2) is 54.6 Å². The minimum atomic E-state index is -0.259. The summed E-state index contributed by atoms with van der Waals surface area (Å²) >= 11 is 0. The molecule has 5 nitrogen and oxygen atoms in total. The van der Waals surface area contributed by atoms with Gasteiger partial charge >= 0.3 is 6.03 Å². The topological polar surface area (TPSA) is 70.2 Å². The molecule has 0 heterocycles. The largest absolute Gasteiger partial charge is 0.350 e. The Hall–Kier alpha value is -2.82. The Morgan fingerprint density at radius 1 is 0.958 bits per heavy atom. The molecular weight excluding hydrogens is 302 g/mol. The summed E-state index contributed by atoms with van der Waals surface area (Å²) in [5.74, 6) is -0.121. The van der Waals surface area contributed by atoms with Gasteiger partial charge in [-0.25, -0.2) is 4.79 Å². The fourth-order valence-electron chi connectivity index (χ4n) is 2.19. The van der Waals surface area contributed by atoms with Gasteiger partial charge in [0.15, 0.2) is 0 Å². The molecular formula is C19H23N3O2. The summed E-state index contributed by atoms with van der Waals surface area (Å²) < 4.78 is 0. The van der Waals surface area contributed by atoms with Crippen LogP contribution in [0.3, 0.4) is 0 Å². The first-order valence-corrected chi connectivity index (χ1v) is 8.04. The van der Waals surface area contributed by atoms with E-state index in [1.54, 1.807) is 24.3 Å². The lowest BCUT2D eigenvalue weighted by Gasteiger charge is -2.10. The summed E-state index contributed by atoms with van der Waals surface area (Å²) in [5, 5.41) is 8.39. The molecule has 3 amide bonds. The molecule has 0 bridgehead atoms. The second kappa shape index (κ2) is 8.72. The van der Waals surface area contributed by atoms with Crippen molar-refractivity contribution >= 4 is 17.6 Å². The van der Waals surface area contributed by atoms with Gasteiger partial charge in [0.1, 0.15) is 0 Å². The SMILES string of the molecule is CC(C)NC(=O)c1ccc(NC(=O)NCCc2ccccc2)cc1. The average molecular weight is 325 g/mol. The Balaban J connectivity index is 1.78. The number of hydrogen-bond donors (Lipinski definition) is 3. The van der Waals surface area contributed by atoms with Crippen LogP contribution in [0, 0.1) is 0 Å². The minimum absolute atomic E-state index is 0.0886. The van der Waals surface area contributed by atoms with Gasteiger partial charge in [-0.05, 0) is 50.1 Å². The van der Waals surface area contributed by atoms with Crippen LogP contribution in [0.2, 0.25) is 0 Å². The van der Waals surface area contributed by atoms with Gasteiger partial charge in [-0.3, -0.25) is 4.79 Å². The highest BCUT2D eigenvalue weighted by Crippen LogP contribution is 2.09. The van der Waals surface area contributed by atoms with Crippen LogP contribution >= 0.6 is 0 Å². The van der Waals surface area contributed by atoms with Crippen LogP contribution in [0.4, 0.5) is 10.5 Å². The summed E-state index contributed by atoms with van der Waals surface area (Å²) in [6.45, 7) is 4.38. The maximum Gasteiger partial charge on any atom is 0.319 e. The van der Waals surface area contributed by atoms with Crippen molar-refractivity contribution in [3.63, 3.8) is 0 Å². The van der Waals surface area contributed by atoms with Gasteiger partial charge in [0.2, 0.25) is 0 Å². The highest BCUT2D eigenvalue weighted by Gasteiger charge is 2.07. The van der Waals surface area contributed by atoms with Gasteiger partial charge < -0.3 is 16.0 Å². The molecule has 0 aliphatic rings. The number of nitrogens with one attached hydrogen (secondary N) is 3. The van der Waals surface area contributed by atoms with E-state index in [9.17, 15) is 9.59 Å². The number of amides is 3. The molecule has 0 unspecified atom stereocenters. The van der Waals surface area contributed by atoms with Crippen molar-refractivity contribution in [3.05, 3.63) is 65.7 Å². The summed E-state index contributed by atoms with van der Waals surface area (Å²) in [7, 11) is 0. The third kappa shape index (κ3) is 5.76. The van der Waals surface area contributed by atoms with E-state index in [0.29, 0.717) is 17.8 Å². The molecule has 0 radical (unpaired) electrons. The van der Waals surface area contributed by atoms with E-state index in [2.05, 4.69) is 16.0 Å². The maximum absolute atomic E-state index is 11.9. The Bertz CT molecular complexity index is 667. The smallest absolute Gasteiger partial charge is 0.319 e. The van der Waals surface area contributed by atoms with Crippen LogP contribution in [0.1, 0.15) is 29.8 Å². The van der Waals surface area contributed by atoms with E-state index >= 15 is 0 Å². The zero-order valence-corrected chi connectivity index (χ0v) is 14.0. The molecule has 0 aliphatic heterocycles. The molecule has 0 spiro atoms. The zero-order chi connectivity index (χ0) is 17.4. The van der Waals surface area contributed by atoms with Gasteiger partial charge in [-0.1, -0.05) is 30.3 Å². The first-order valence-electron chi connectivity index (χ1n) is 8.04. The number of carbonyl (C=O) groups is 2. The third-order valence-corrected chi connectivity index (χ3v) is 3.37. The van der Waals surface area contributed by atoms with Crippen molar-refractivity contribution in [2.45, 2.75) is 26.3 Å². The van der Waals surface area contributed by atoms with Crippen LogP contribution in [0.25, 0.3) is 0 Å². The number of carbonyl (C=O) groups excluding carboxylic acids is 2. The third-order valence-electron chi connectivity index (χ3n) is 3.37. The fourth-order valence-corrected chi connectivity index (χ4v) is 2.19. The van der Waals surface area contributed by atoms with Gasteiger partial charge in [-0.15, -0.1) is 0 Å². The standard InChI is InChI=1S/C19H23N3O2/c1-14(2)21-18(23)16-8-10-17(11-9-16)22-19(24)20-13-12-15-6-4-3-5-7-15/h3-11,14H,12-13H2,1-2H3,(H,21,23)(H2,20,22,24). The monoisotopic (exact) mass is 325 g/mol. The van der Waals surface area contributed by atoms with Crippen LogP contribution < -0.4 is 16.0 Å². The van der Waals surface area contributed by atoms with Gasteiger partial charge in [-0.2, -0.15) is 0 Å². The number of benzene rings is 2. The van der Waals surface area contributed by atoms with Crippen molar-refractivity contribution in [1.29, 1.82) is 0 Å². The second-order valence-electron chi connectivity index (χ2n) is 5.82. The van der Waals surface area contributed by atoms with E-state index in [4.69, 9.17) is 0 Å². The highest BCUT2D eigenvalue weighted by molar-refractivity contribution is 5.95. The van der Waals surface area contributed by atoms with Crippen LogP contribution in [0.5, 0.6) is 0 Å². The number of rotatable bonds is 6. The van der Waals surface area contributed by atoms with Gasteiger partial charge in [0, 0.05) is 23.8 Å². The molecule has 5 heteroatoms. The Morgan fingerprint density at radius 3 is 2.25 bits per heavy atom. The quantitative estimate of drug-likeness (QED) is 0.763. The van der Waals surface area contributed by atoms with Gasteiger partial charge in [0.05, 0.1) is 0 Å². The second-order valence-corrected chi connectivity index (χ2v) is 5.82. The molecule has 2 aromatic carbocycles. The Labute approximate surface area is 142 Å². The molecule has 2 aromatic rings. The lowest BCUT2D eigenvalue weighted by Crippen LogP contribution is -2.31. The fraction of sp³-hybridized carbons (Fsp3) is 0.263. The molecule has 0 saturated carbocycles. The summed E-state index contributed by atoms with van der Waals surface area (Å²) in [5.41, 5.74) is 2.39. The molecule has 24 heavy (non-hydrogen) atoms. The summed E-state index contributed by atoms with van der Waals surface area (Å²) in [6.07, 6.45) is 0.780. The predicted molar refractivity (Wildman–Crippen MR) is 96.2 cm³/mol. The van der Waals surface area contributed by atoms with Crippen LogP contribution in [-0.2, 0) is 6.42 Å².